The summed E-state index contributed by atoms with van der Waals surface area (Å²) in [5, 5.41) is 24.9. The van der Waals surface area contributed by atoms with E-state index in [0.29, 0.717) is 6.61 Å². The van der Waals surface area contributed by atoms with Crippen LogP contribution in [0.25, 0.3) is 0 Å². The van der Waals surface area contributed by atoms with Gasteiger partial charge in [0.2, 0.25) is 0 Å². The van der Waals surface area contributed by atoms with Gasteiger partial charge in [0.25, 0.3) is 0 Å². The normalized spacial score (nSPS) is 12.2. The number of carbonyl (C=O) groups is 4. The number of ether oxygens (including phenoxy) is 1. The fraction of sp³-hybridized carbons (Fsp3) is 0.833. The molecule has 0 rings (SSSR count). The molecular weight excluding hydrogens is 444 g/mol. The van der Waals surface area contributed by atoms with E-state index in [9.17, 15) is 19.2 Å². The third-order valence-electron chi connectivity index (χ3n) is 5.22. The molecule has 0 aromatic rings. The summed E-state index contributed by atoms with van der Waals surface area (Å²) < 4.78 is 5.08. The topological polar surface area (TPSA) is 190 Å². The van der Waals surface area contributed by atoms with E-state index in [1.54, 1.807) is 0 Å². The van der Waals surface area contributed by atoms with Gasteiger partial charge in [-0.3, -0.25) is 19.2 Å². The lowest BCUT2D eigenvalue weighted by atomic mass is 10.1. The molecule has 0 bridgehead atoms. The van der Waals surface area contributed by atoms with Crippen LogP contribution in [0.3, 0.4) is 0 Å². The Morgan fingerprint density at radius 1 is 0.647 bits per heavy atom. The van der Waals surface area contributed by atoms with Crippen molar-refractivity contribution in [1.82, 2.24) is 0 Å². The Morgan fingerprint density at radius 2 is 1.03 bits per heavy atom. The first-order valence-electron chi connectivity index (χ1n) is 12.5. The second kappa shape index (κ2) is 23.9. The largest absolute Gasteiger partial charge is 0.481 e. The van der Waals surface area contributed by atoms with Crippen molar-refractivity contribution >= 4 is 23.9 Å². The summed E-state index contributed by atoms with van der Waals surface area (Å²) in [4.78, 5) is 41.8. The number of aliphatic carboxylic acids is 3. The van der Waals surface area contributed by atoms with Crippen molar-refractivity contribution < 1.29 is 39.2 Å². The molecular formula is C24H46N2O8. The molecule has 0 heterocycles. The third-order valence-corrected chi connectivity index (χ3v) is 5.22. The molecule has 0 aliphatic carbocycles. The van der Waals surface area contributed by atoms with Crippen molar-refractivity contribution in [2.24, 2.45) is 11.5 Å². The summed E-state index contributed by atoms with van der Waals surface area (Å²) in [6.07, 6.45) is 15.2. The van der Waals surface area contributed by atoms with E-state index < -0.39 is 30.0 Å². The van der Waals surface area contributed by atoms with Gasteiger partial charge in [-0.25, -0.2) is 0 Å². The van der Waals surface area contributed by atoms with Crippen molar-refractivity contribution in [3.8, 4) is 0 Å². The lowest BCUT2D eigenvalue weighted by molar-refractivity contribution is -0.145. The smallest absolute Gasteiger partial charge is 0.320 e. The summed E-state index contributed by atoms with van der Waals surface area (Å²) in [6.45, 7) is 2.68. The van der Waals surface area contributed by atoms with Crippen molar-refractivity contribution in [1.29, 1.82) is 0 Å². The number of hydrogen-bond donors (Lipinski definition) is 5. The minimum absolute atomic E-state index is 0.0231. The first-order chi connectivity index (χ1) is 16.1. The van der Waals surface area contributed by atoms with Crippen molar-refractivity contribution in [3.63, 3.8) is 0 Å². The maximum absolute atomic E-state index is 11.4. The quantitative estimate of drug-likeness (QED) is 0.117. The standard InChI is InChI=1S/C19H37NO4.C5H9NO4/c1-2-3-4-5-6-7-8-9-10-11-12-13-16-24-18(21)15-14-17(20)19(22)23;6-3(5(9)10)1-2-4(7)8/h17H,2-16,20H2,1H3,(H,22,23);3H,1-2,6H2,(H,7,8)(H,9,10)/t17-;3-/m00/s1. The van der Waals surface area contributed by atoms with Crippen LogP contribution in [0.1, 0.15) is 110 Å². The maximum atomic E-state index is 11.4. The fourth-order valence-electron chi connectivity index (χ4n) is 3.00. The Hall–Kier alpha value is -2.20. The molecule has 0 radical (unpaired) electrons. The van der Waals surface area contributed by atoms with Crippen LogP contribution in [0.4, 0.5) is 0 Å². The van der Waals surface area contributed by atoms with Gasteiger partial charge in [-0.1, -0.05) is 77.6 Å². The predicted molar refractivity (Wildman–Crippen MR) is 129 cm³/mol. The molecule has 2 atom stereocenters. The van der Waals surface area contributed by atoms with Gasteiger partial charge in [0.15, 0.2) is 0 Å². The van der Waals surface area contributed by atoms with Crippen LogP contribution in [-0.4, -0.2) is 57.9 Å². The highest BCUT2D eigenvalue weighted by Crippen LogP contribution is 2.12. The number of rotatable bonds is 21. The number of hydrogen-bond acceptors (Lipinski definition) is 7. The van der Waals surface area contributed by atoms with Crippen molar-refractivity contribution in [2.75, 3.05) is 6.61 Å². The Morgan fingerprint density at radius 3 is 1.41 bits per heavy atom. The second-order valence-corrected chi connectivity index (χ2v) is 8.47. The lowest BCUT2D eigenvalue weighted by Crippen LogP contribution is -2.30. The van der Waals surface area contributed by atoms with Gasteiger partial charge in [-0.15, -0.1) is 0 Å². The molecule has 0 aliphatic heterocycles. The SMILES string of the molecule is CCCCCCCCCCCCCCOC(=O)CC[C@H](N)C(=O)O.N[C@@H](CCC(=O)O)C(=O)O. The van der Waals surface area contributed by atoms with E-state index in [4.69, 9.17) is 31.5 Å². The molecule has 0 aromatic carbocycles. The molecule has 0 saturated heterocycles. The molecule has 7 N–H and O–H groups in total. The summed E-state index contributed by atoms with van der Waals surface area (Å²) >= 11 is 0. The summed E-state index contributed by atoms with van der Waals surface area (Å²) in [6, 6.07) is -2.04. The van der Waals surface area contributed by atoms with Gasteiger partial charge in [0.1, 0.15) is 12.1 Å². The molecule has 10 nitrogen and oxygen atoms in total. The van der Waals surface area contributed by atoms with Gasteiger partial charge in [-0.05, 0) is 19.3 Å². The van der Waals surface area contributed by atoms with E-state index in [2.05, 4.69) is 6.92 Å². The molecule has 0 fully saturated rings. The van der Waals surface area contributed by atoms with Crippen molar-refractivity contribution in [3.05, 3.63) is 0 Å². The molecule has 10 heteroatoms. The summed E-state index contributed by atoms with van der Waals surface area (Å²) in [5.74, 6) is -3.63. The number of nitrogens with two attached hydrogens (primary N) is 2. The number of unbranched alkanes of at least 4 members (excludes halogenated alkanes) is 11. The van der Waals surface area contributed by atoms with Gasteiger partial charge in [-0.2, -0.15) is 0 Å². The maximum Gasteiger partial charge on any atom is 0.320 e. The zero-order valence-electron chi connectivity index (χ0n) is 20.7. The molecule has 0 amide bonds. The summed E-state index contributed by atoms with van der Waals surface area (Å²) in [7, 11) is 0. The van der Waals surface area contributed by atoms with Crippen LogP contribution in [0.5, 0.6) is 0 Å². The Kier molecular flexibility index (Phi) is 23.9. The molecule has 34 heavy (non-hydrogen) atoms. The van der Waals surface area contributed by atoms with Crippen LogP contribution in [0.15, 0.2) is 0 Å². The number of carboxylic acid groups (broad SMARTS) is 3. The minimum atomic E-state index is -1.17. The first kappa shape index (κ1) is 34.0. The highest BCUT2D eigenvalue weighted by Gasteiger charge is 2.14. The Labute approximate surface area is 203 Å². The van der Waals surface area contributed by atoms with E-state index in [1.807, 2.05) is 0 Å². The Balaban J connectivity index is 0. The number of carbonyl (C=O) groups excluding carboxylic acids is 1. The molecule has 0 aromatic heterocycles. The highest BCUT2D eigenvalue weighted by molar-refractivity contribution is 5.75. The van der Waals surface area contributed by atoms with Gasteiger partial charge < -0.3 is 31.5 Å². The fourth-order valence-corrected chi connectivity index (χ4v) is 3.00. The second-order valence-electron chi connectivity index (χ2n) is 8.47. The van der Waals surface area contributed by atoms with Gasteiger partial charge in [0, 0.05) is 12.8 Å². The number of esters is 1. The average Bonchev–Trinajstić information content (AvgIpc) is 2.79. The van der Waals surface area contributed by atoms with E-state index in [1.165, 1.54) is 64.2 Å². The van der Waals surface area contributed by atoms with Crippen LogP contribution in [0.2, 0.25) is 0 Å². The Bertz CT molecular complexity index is 557. The average molecular weight is 491 g/mol. The third kappa shape index (κ3) is 26.1. The first-order valence-corrected chi connectivity index (χ1v) is 12.5. The van der Waals surface area contributed by atoms with Crippen molar-refractivity contribution in [2.45, 2.75) is 122 Å². The molecule has 0 saturated carbocycles. The monoisotopic (exact) mass is 490 g/mol. The zero-order chi connectivity index (χ0) is 26.2. The number of carboxylic acids is 3. The van der Waals surface area contributed by atoms with E-state index >= 15 is 0 Å². The minimum Gasteiger partial charge on any atom is -0.481 e. The van der Waals surface area contributed by atoms with Crippen LogP contribution < -0.4 is 11.5 Å². The lowest BCUT2D eigenvalue weighted by Gasteiger charge is -2.07. The highest BCUT2D eigenvalue weighted by atomic mass is 16.5. The predicted octanol–water partition coefficient (Wildman–Crippen LogP) is 3.69. The molecule has 0 spiro atoms. The van der Waals surface area contributed by atoms with Gasteiger partial charge in [0.05, 0.1) is 6.61 Å². The van der Waals surface area contributed by atoms with Gasteiger partial charge >= 0.3 is 23.9 Å². The molecule has 200 valence electrons. The van der Waals surface area contributed by atoms with Crippen LogP contribution in [0, 0.1) is 0 Å². The van der Waals surface area contributed by atoms with Crippen LogP contribution in [-0.2, 0) is 23.9 Å². The molecule has 0 unspecified atom stereocenters. The zero-order valence-corrected chi connectivity index (χ0v) is 20.7. The molecule has 0 aliphatic rings. The summed E-state index contributed by atoms with van der Waals surface area (Å²) in [5.41, 5.74) is 10.3. The van der Waals surface area contributed by atoms with E-state index in [-0.39, 0.29) is 31.7 Å². The van der Waals surface area contributed by atoms with E-state index in [0.717, 1.165) is 12.8 Å². The van der Waals surface area contributed by atoms with Crippen LogP contribution >= 0.6 is 0 Å².